The Hall–Kier alpha value is -0.843. The predicted molar refractivity (Wildman–Crippen MR) is 69.2 cm³/mol. The summed E-state index contributed by atoms with van der Waals surface area (Å²) in [6.07, 6.45) is 0.389. The summed E-state index contributed by atoms with van der Waals surface area (Å²) < 4.78 is 1.89. The highest BCUT2D eigenvalue weighted by atomic mass is 28.3. The number of hydrogen-bond donors (Lipinski definition) is 1. The van der Waals surface area contributed by atoms with E-state index in [0.29, 0.717) is 6.42 Å². The fourth-order valence-electron chi connectivity index (χ4n) is 2.09. The smallest absolute Gasteiger partial charge is 0.308 e. The lowest BCUT2D eigenvalue weighted by molar-refractivity contribution is -0.150. The van der Waals surface area contributed by atoms with Gasteiger partial charge in [-0.05, 0) is 12.0 Å². The molecule has 0 radical (unpaired) electrons. The zero-order valence-corrected chi connectivity index (χ0v) is 12.6. The lowest BCUT2D eigenvalue weighted by Gasteiger charge is -2.56. The molecule has 0 aromatic heterocycles. The third-order valence-corrected chi connectivity index (χ3v) is 9.84. The number of carboxylic acid groups (broad SMARTS) is 1. The Bertz CT molecular complexity index is 346. The van der Waals surface area contributed by atoms with Crippen LogP contribution in [0.15, 0.2) is 0 Å². The summed E-state index contributed by atoms with van der Waals surface area (Å²) in [7, 11) is -1.94. The van der Waals surface area contributed by atoms with Crippen LogP contribution in [0.5, 0.6) is 0 Å². The summed E-state index contributed by atoms with van der Waals surface area (Å²) in [5, 5.41) is 9.12. The van der Waals surface area contributed by atoms with E-state index in [0.717, 1.165) is 0 Å². The zero-order valence-electron chi connectivity index (χ0n) is 11.6. The number of aliphatic carboxylic acids is 1. The van der Waals surface area contributed by atoms with Gasteiger partial charge in [-0.2, -0.15) is 0 Å². The minimum atomic E-state index is -1.94. The molecule has 1 rings (SSSR count). The van der Waals surface area contributed by atoms with Crippen molar-refractivity contribution in [2.75, 3.05) is 0 Å². The average molecular weight is 257 g/mol. The number of carbonyl (C=O) groups is 2. The highest BCUT2D eigenvalue weighted by molar-refractivity contribution is 6.80. The molecule has 5 heteroatoms. The van der Waals surface area contributed by atoms with Crippen molar-refractivity contribution in [1.82, 2.24) is 4.57 Å². The van der Waals surface area contributed by atoms with E-state index < -0.39 is 20.1 Å². The molecule has 0 unspecified atom stereocenters. The maximum absolute atomic E-state index is 11.8. The fraction of sp³-hybridized carbons (Fsp3) is 0.833. The molecule has 0 aliphatic carbocycles. The second kappa shape index (κ2) is 4.12. The van der Waals surface area contributed by atoms with Crippen molar-refractivity contribution in [3.8, 4) is 0 Å². The molecule has 1 fully saturated rings. The third-order valence-electron chi connectivity index (χ3n) is 4.39. The van der Waals surface area contributed by atoms with Crippen LogP contribution < -0.4 is 0 Å². The Balaban J connectivity index is 2.96. The van der Waals surface area contributed by atoms with Crippen LogP contribution in [0, 0.1) is 5.92 Å². The van der Waals surface area contributed by atoms with Crippen LogP contribution >= 0.6 is 0 Å². The molecule has 17 heavy (non-hydrogen) atoms. The van der Waals surface area contributed by atoms with Crippen LogP contribution in [0.4, 0.5) is 0 Å². The van der Waals surface area contributed by atoms with Gasteiger partial charge in [0.15, 0.2) is 8.24 Å². The number of carbonyl (C=O) groups excluding carboxylic acids is 1. The minimum Gasteiger partial charge on any atom is -0.481 e. The maximum atomic E-state index is 11.8. The summed E-state index contributed by atoms with van der Waals surface area (Å²) >= 11 is 0. The van der Waals surface area contributed by atoms with Crippen molar-refractivity contribution in [2.24, 2.45) is 5.92 Å². The summed E-state index contributed by atoms with van der Waals surface area (Å²) in [4.78, 5) is 22.9. The highest BCUT2D eigenvalue weighted by Gasteiger charge is 2.53. The first-order valence-corrected chi connectivity index (χ1v) is 9.00. The van der Waals surface area contributed by atoms with Gasteiger partial charge in [0.1, 0.15) is 0 Å². The molecular formula is C12H23NO3Si. The lowest BCUT2D eigenvalue weighted by atomic mass is 9.93. The van der Waals surface area contributed by atoms with E-state index in [2.05, 4.69) is 33.9 Å². The zero-order chi connectivity index (χ0) is 13.6. The SMILES string of the molecule is C[C@@H](C(=O)O)[C@@H]1CC(=O)N1[Si](C)(C)C(C)(C)C. The van der Waals surface area contributed by atoms with Crippen molar-refractivity contribution in [3.05, 3.63) is 0 Å². The van der Waals surface area contributed by atoms with E-state index in [-0.39, 0.29) is 17.0 Å². The minimum absolute atomic E-state index is 0.0551. The molecule has 98 valence electrons. The Kier molecular flexibility index (Phi) is 3.45. The molecule has 1 heterocycles. The molecule has 1 saturated heterocycles. The predicted octanol–water partition coefficient (Wildman–Crippen LogP) is 2.31. The first-order chi connectivity index (χ1) is 7.50. The monoisotopic (exact) mass is 257 g/mol. The largest absolute Gasteiger partial charge is 0.481 e. The number of hydrogen-bond acceptors (Lipinski definition) is 2. The fourth-order valence-corrected chi connectivity index (χ4v) is 4.68. The molecule has 1 aliphatic rings. The number of β-lactam (4-membered cyclic amide) rings is 1. The van der Waals surface area contributed by atoms with Gasteiger partial charge in [0.05, 0.1) is 5.92 Å². The number of nitrogens with zero attached hydrogens (tertiary/aromatic N) is 1. The summed E-state index contributed by atoms with van der Waals surface area (Å²) in [6, 6.07) is -0.110. The Labute approximate surface area is 104 Å². The molecule has 2 atom stereocenters. The van der Waals surface area contributed by atoms with Crippen molar-refractivity contribution < 1.29 is 14.7 Å². The topological polar surface area (TPSA) is 57.6 Å². The summed E-state index contributed by atoms with van der Waals surface area (Å²) in [5.41, 5.74) is 0. The Morgan fingerprint density at radius 3 is 2.24 bits per heavy atom. The molecule has 1 aliphatic heterocycles. The van der Waals surface area contributed by atoms with Crippen LogP contribution in [0.2, 0.25) is 18.1 Å². The molecule has 0 aromatic rings. The van der Waals surface area contributed by atoms with Crippen molar-refractivity contribution >= 4 is 20.1 Å². The normalized spacial score (nSPS) is 23.3. The molecule has 4 nitrogen and oxygen atoms in total. The van der Waals surface area contributed by atoms with Crippen LogP contribution in [-0.2, 0) is 9.59 Å². The van der Waals surface area contributed by atoms with E-state index in [9.17, 15) is 9.59 Å². The first-order valence-electron chi connectivity index (χ1n) is 6.05. The van der Waals surface area contributed by atoms with Gasteiger partial charge in [0.2, 0.25) is 5.91 Å². The molecule has 1 N–H and O–H groups in total. The summed E-state index contributed by atoms with van der Waals surface area (Å²) in [5.74, 6) is -1.16. The van der Waals surface area contributed by atoms with Crippen molar-refractivity contribution in [3.63, 3.8) is 0 Å². The number of amides is 1. The van der Waals surface area contributed by atoms with Gasteiger partial charge >= 0.3 is 5.97 Å². The van der Waals surface area contributed by atoms with Crippen LogP contribution in [-0.4, -0.2) is 35.8 Å². The summed E-state index contributed by atoms with van der Waals surface area (Å²) in [6.45, 7) is 12.4. The van der Waals surface area contributed by atoms with Crippen molar-refractivity contribution in [1.29, 1.82) is 0 Å². The van der Waals surface area contributed by atoms with E-state index in [1.165, 1.54) is 0 Å². The van der Waals surface area contributed by atoms with Crippen LogP contribution in [0.25, 0.3) is 0 Å². The maximum Gasteiger partial charge on any atom is 0.308 e. The van der Waals surface area contributed by atoms with Gasteiger partial charge in [-0.15, -0.1) is 0 Å². The van der Waals surface area contributed by atoms with Crippen molar-refractivity contribution in [2.45, 2.75) is 58.3 Å². The number of rotatable bonds is 3. The van der Waals surface area contributed by atoms with Gasteiger partial charge in [-0.3, -0.25) is 9.59 Å². The van der Waals surface area contributed by atoms with E-state index in [1.807, 2.05) is 4.57 Å². The highest BCUT2D eigenvalue weighted by Crippen LogP contribution is 2.44. The molecular weight excluding hydrogens is 234 g/mol. The Morgan fingerprint density at radius 2 is 1.94 bits per heavy atom. The molecule has 0 saturated carbocycles. The molecule has 1 amide bonds. The lowest BCUT2D eigenvalue weighted by Crippen LogP contribution is -2.70. The van der Waals surface area contributed by atoms with Gasteiger partial charge in [-0.25, -0.2) is 0 Å². The molecule has 0 spiro atoms. The first kappa shape index (κ1) is 14.2. The van der Waals surface area contributed by atoms with E-state index >= 15 is 0 Å². The van der Waals surface area contributed by atoms with E-state index in [4.69, 9.17) is 5.11 Å². The third kappa shape index (κ3) is 2.25. The second-order valence-corrected chi connectivity index (χ2v) is 11.6. The number of carboxylic acids is 1. The molecule has 0 bridgehead atoms. The second-order valence-electron chi connectivity index (χ2n) is 6.47. The molecule has 0 aromatic carbocycles. The quantitative estimate of drug-likeness (QED) is 0.623. The van der Waals surface area contributed by atoms with E-state index in [1.54, 1.807) is 6.92 Å². The standard InChI is InChI=1S/C12H23NO3Si/c1-8(11(15)16)9-7-10(14)13(9)17(5,6)12(2,3)4/h8-9H,7H2,1-6H3,(H,15,16)/t8-,9+/m1/s1. The van der Waals surface area contributed by atoms with Crippen LogP contribution in [0.3, 0.4) is 0 Å². The van der Waals surface area contributed by atoms with Gasteiger partial charge in [0, 0.05) is 12.5 Å². The van der Waals surface area contributed by atoms with Gasteiger partial charge in [0.25, 0.3) is 0 Å². The van der Waals surface area contributed by atoms with Gasteiger partial charge < -0.3 is 9.67 Å². The van der Waals surface area contributed by atoms with Gasteiger partial charge in [-0.1, -0.05) is 33.9 Å². The average Bonchev–Trinajstić information content (AvgIpc) is 2.09. The van der Waals surface area contributed by atoms with Crippen LogP contribution in [0.1, 0.15) is 34.1 Å². The Morgan fingerprint density at radius 1 is 1.47 bits per heavy atom.